The molecule has 0 fully saturated rings. The van der Waals surface area contributed by atoms with Crippen LogP contribution in [-0.2, 0) is 14.4 Å². The summed E-state index contributed by atoms with van der Waals surface area (Å²) in [5.41, 5.74) is 0. The summed E-state index contributed by atoms with van der Waals surface area (Å²) < 4.78 is 0. The van der Waals surface area contributed by atoms with Gasteiger partial charge in [-0.05, 0) is 0 Å². The van der Waals surface area contributed by atoms with Gasteiger partial charge in [-0.25, -0.2) is 14.4 Å². The average Bonchev–Trinajstić information content (AvgIpc) is 2.19. The Labute approximate surface area is 103 Å². The molecule has 0 aliphatic heterocycles. The van der Waals surface area contributed by atoms with Crippen LogP contribution in [0.4, 0.5) is 0 Å². The Hall–Kier alpha value is -2.49. The van der Waals surface area contributed by atoms with Gasteiger partial charge in [0.25, 0.3) is 0 Å². The van der Waals surface area contributed by atoms with Crippen molar-refractivity contribution in [2.75, 3.05) is 0 Å². The minimum atomic E-state index is -0.981. The molecule has 0 bridgehead atoms. The van der Waals surface area contributed by atoms with Gasteiger partial charge in [0.15, 0.2) is 0 Å². The topological polar surface area (TPSA) is 206 Å². The lowest BCUT2D eigenvalue weighted by Crippen LogP contribution is -1.82. The van der Waals surface area contributed by atoms with Gasteiger partial charge in [-0.15, -0.1) is 0 Å². The minimum absolute atomic E-state index is 0. The molecular weight excluding hydrogens is 252 g/mol. The Morgan fingerprint density at radius 1 is 0.611 bits per heavy atom. The van der Waals surface area contributed by atoms with Crippen molar-refractivity contribution in [3.05, 3.63) is 38.0 Å². The average molecular weight is 270 g/mol. The summed E-state index contributed by atoms with van der Waals surface area (Å²) in [5, 5.41) is 22.8. The van der Waals surface area contributed by atoms with Gasteiger partial charge in [0, 0.05) is 18.2 Å². The Kier molecular flexibility index (Phi) is 58.7. The Morgan fingerprint density at radius 2 is 0.667 bits per heavy atom. The van der Waals surface area contributed by atoms with Crippen LogP contribution in [0, 0.1) is 0 Å². The Morgan fingerprint density at radius 3 is 0.667 bits per heavy atom. The molecule has 0 saturated heterocycles. The molecule has 0 aliphatic carbocycles. The van der Waals surface area contributed by atoms with Crippen molar-refractivity contribution in [3.63, 3.8) is 0 Å². The predicted octanol–water partition coefficient (Wildman–Crippen LogP) is -1.70. The smallest absolute Gasteiger partial charge is 0.327 e. The monoisotopic (exact) mass is 270 g/mol. The zero-order valence-corrected chi connectivity index (χ0v) is 9.42. The molecule has 0 atom stereocenters. The van der Waals surface area contributed by atoms with E-state index in [0.717, 1.165) is 18.2 Å². The van der Waals surface area contributed by atoms with Gasteiger partial charge < -0.3 is 31.7 Å². The fourth-order valence-corrected chi connectivity index (χ4v) is 0. The second kappa shape index (κ2) is 29.3. The van der Waals surface area contributed by atoms with Crippen molar-refractivity contribution >= 4 is 17.9 Å². The van der Waals surface area contributed by atoms with Crippen LogP contribution in [0.15, 0.2) is 38.0 Å². The molecule has 0 heterocycles. The minimum Gasteiger partial charge on any atom is -0.478 e. The zero-order chi connectivity index (χ0) is 12.9. The van der Waals surface area contributed by atoms with Crippen LogP contribution in [0.3, 0.4) is 0 Å². The Bertz CT molecular complexity index is 214. The van der Waals surface area contributed by atoms with Gasteiger partial charge in [0.1, 0.15) is 0 Å². The standard InChI is InChI=1S/3C3H4O2.3H2O/c3*1-2-3(4)5;;;/h3*2H,1H2,(H,4,5);3*1H2. The second-order valence-electron chi connectivity index (χ2n) is 1.63. The van der Waals surface area contributed by atoms with Crippen molar-refractivity contribution in [3.8, 4) is 0 Å². The summed E-state index contributed by atoms with van der Waals surface area (Å²) in [6.45, 7) is 8.88. The molecular formula is C9H18O9. The van der Waals surface area contributed by atoms with Gasteiger partial charge >= 0.3 is 17.9 Å². The first-order valence-corrected chi connectivity index (χ1v) is 3.37. The lowest BCUT2D eigenvalue weighted by molar-refractivity contribution is -0.132. The Balaban J connectivity index is -0.0000000277. The molecule has 0 aliphatic rings. The van der Waals surface area contributed by atoms with E-state index in [1.54, 1.807) is 0 Å². The van der Waals surface area contributed by atoms with E-state index in [1.165, 1.54) is 0 Å². The molecule has 0 unspecified atom stereocenters. The fourth-order valence-electron chi connectivity index (χ4n) is 0. The van der Waals surface area contributed by atoms with E-state index in [9.17, 15) is 14.4 Å². The lowest BCUT2D eigenvalue weighted by atomic mass is 10.7. The summed E-state index contributed by atoms with van der Waals surface area (Å²) in [7, 11) is 0. The summed E-state index contributed by atoms with van der Waals surface area (Å²) >= 11 is 0. The highest BCUT2D eigenvalue weighted by atomic mass is 16.4. The third-order valence-electron chi connectivity index (χ3n) is 0.524. The molecule has 9 nitrogen and oxygen atoms in total. The summed E-state index contributed by atoms with van der Waals surface area (Å²) in [6.07, 6.45) is 2.50. The van der Waals surface area contributed by atoms with Crippen molar-refractivity contribution < 1.29 is 46.1 Å². The van der Waals surface area contributed by atoms with E-state index in [-0.39, 0.29) is 16.4 Å². The highest BCUT2D eigenvalue weighted by Gasteiger charge is 1.74. The molecule has 108 valence electrons. The summed E-state index contributed by atoms with van der Waals surface area (Å²) in [4.78, 5) is 27.8. The van der Waals surface area contributed by atoms with E-state index in [4.69, 9.17) is 15.3 Å². The number of carboxylic acids is 3. The number of aliphatic carboxylic acids is 3. The third-order valence-corrected chi connectivity index (χ3v) is 0.524. The van der Waals surface area contributed by atoms with E-state index >= 15 is 0 Å². The van der Waals surface area contributed by atoms with Crippen LogP contribution < -0.4 is 0 Å². The predicted molar refractivity (Wildman–Crippen MR) is 64.3 cm³/mol. The van der Waals surface area contributed by atoms with E-state index in [1.807, 2.05) is 0 Å². The molecule has 0 rings (SSSR count). The van der Waals surface area contributed by atoms with Crippen LogP contribution >= 0.6 is 0 Å². The lowest BCUT2D eigenvalue weighted by Gasteiger charge is -1.64. The normalized spacial score (nSPS) is 5.33. The van der Waals surface area contributed by atoms with E-state index in [0.29, 0.717) is 0 Å². The van der Waals surface area contributed by atoms with Crippen LogP contribution in [0.25, 0.3) is 0 Å². The summed E-state index contributed by atoms with van der Waals surface area (Å²) in [6, 6.07) is 0. The van der Waals surface area contributed by atoms with Crippen LogP contribution in [0.2, 0.25) is 0 Å². The molecule has 9 N–H and O–H groups in total. The summed E-state index contributed by atoms with van der Waals surface area (Å²) in [5.74, 6) is -2.94. The van der Waals surface area contributed by atoms with Crippen molar-refractivity contribution in [1.82, 2.24) is 0 Å². The largest absolute Gasteiger partial charge is 0.478 e. The number of carbonyl (C=O) groups is 3. The first-order chi connectivity index (χ1) is 6.81. The maximum Gasteiger partial charge on any atom is 0.327 e. The molecule has 0 saturated carbocycles. The maximum absolute atomic E-state index is 9.25. The SMILES string of the molecule is C=CC(=O)O.C=CC(=O)O.C=CC(=O)O.O.O.O. The number of carboxylic acid groups (broad SMARTS) is 3. The highest BCUT2D eigenvalue weighted by Crippen LogP contribution is 1.55. The van der Waals surface area contributed by atoms with Crippen molar-refractivity contribution in [2.45, 2.75) is 0 Å². The number of rotatable bonds is 3. The quantitative estimate of drug-likeness (QED) is 0.508. The fraction of sp³-hybridized carbons (Fsp3) is 0. The van der Waals surface area contributed by atoms with Crippen LogP contribution in [-0.4, -0.2) is 49.7 Å². The molecule has 0 amide bonds. The van der Waals surface area contributed by atoms with Crippen molar-refractivity contribution in [2.24, 2.45) is 0 Å². The first kappa shape index (κ1) is 36.1. The molecule has 18 heavy (non-hydrogen) atoms. The highest BCUT2D eigenvalue weighted by molar-refractivity contribution is 5.79. The third kappa shape index (κ3) is 172. The van der Waals surface area contributed by atoms with Gasteiger partial charge in [-0.3, -0.25) is 0 Å². The second-order valence-corrected chi connectivity index (χ2v) is 1.63. The van der Waals surface area contributed by atoms with E-state index < -0.39 is 17.9 Å². The number of hydrogen-bond acceptors (Lipinski definition) is 3. The maximum atomic E-state index is 9.25. The van der Waals surface area contributed by atoms with Gasteiger partial charge in [-0.2, -0.15) is 0 Å². The van der Waals surface area contributed by atoms with Crippen LogP contribution in [0.1, 0.15) is 0 Å². The molecule has 0 aromatic heterocycles. The molecule has 0 spiro atoms. The van der Waals surface area contributed by atoms with E-state index in [2.05, 4.69) is 19.7 Å². The molecule has 0 aromatic rings. The molecule has 9 heteroatoms. The van der Waals surface area contributed by atoms with Crippen molar-refractivity contribution in [1.29, 1.82) is 0 Å². The zero-order valence-electron chi connectivity index (χ0n) is 9.42. The number of hydrogen-bond donors (Lipinski definition) is 3. The van der Waals surface area contributed by atoms with Gasteiger partial charge in [0.05, 0.1) is 0 Å². The van der Waals surface area contributed by atoms with Gasteiger partial charge in [-0.1, -0.05) is 19.7 Å². The van der Waals surface area contributed by atoms with Gasteiger partial charge in [0.2, 0.25) is 0 Å². The first-order valence-electron chi connectivity index (χ1n) is 3.37. The molecule has 0 aromatic carbocycles. The molecule has 0 radical (unpaired) electrons. The van der Waals surface area contributed by atoms with Crippen LogP contribution in [0.5, 0.6) is 0 Å².